The predicted molar refractivity (Wildman–Crippen MR) is 60.9 cm³/mol. The highest BCUT2D eigenvalue weighted by Crippen LogP contribution is 2.20. The molecule has 0 aliphatic heterocycles. The second kappa shape index (κ2) is 4.65. The van der Waals surface area contributed by atoms with Crippen molar-refractivity contribution in [2.24, 2.45) is 0 Å². The zero-order chi connectivity index (χ0) is 9.80. The molecule has 0 saturated heterocycles. The van der Waals surface area contributed by atoms with Crippen molar-refractivity contribution in [1.29, 1.82) is 0 Å². The Bertz CT molecular complexity index is 405. The molecule has 4 nitrogen and oxygen atoms in total. The Morgan fingerprint density at radius 2 is 1.79 bits per heavy atom. The zero-order valence-corrected chi connectivity index (χ0v) is 9.94. The molecule has 0 atom stereocenters. The van der Waals surface area contributed by atoms with Crippen LogP contribution >= 0.6 is 34.4 Å². The van der Waals surface area contributed by atoms with Crippen LogP contribution in [0.1, 0.15) is 0 Å². The molecular weight excluding hydrogens is 311 g/mol. The van der Waals surface area contributed by atoms with Gasteiger partial charge in [0.2, 0.25) is 0 Å². The third-order valence-electron chi connectivity index (χ3n) is 1.33. The number of hydrogen-bond acceptors (Lipinski definition) is 5. The first kappa shape index (κ1) is 9.78. The number of rotatable bonds is 2. The summed E-state index contributed by atoms with van der Waals surface area (Å²) < 4.78 is 1.02. The van der Waals surface area contributed by atoms with Gasteiger partial charge in [-0.1, -0.05) is 0 Å². The van der Waals surface area contributed by atoms with Crippen LogP contribution in [0.3, 0.4) is 0 Å². The molecule has 6 heteroatoms. The summed E-state index contributed by atoms with van der Waals surface area (Å²) in [4.78, 5) is 16.4. The van der Waals surface area contributed by atoms with E-state index in [1.165, 1.54) is 11.8 Å². The van der Waals surface area contributed by atoms with E-state index in [1.54, 1.807) is 31.0 Å². The molecule has 2 aromatic heterocycles. The Labute approximate surface area is 98.8 Å². The fourth-order valence-corrected chi connectivity index (χ4v) is 1.69. The Hall–Kier alpha value is -0.760. The summed E-state index contributed by atoms with van der Waals surface area (Å²) in [5.41, 5.74) is 0. The summed E-state index contributed by atoms with van der Waals surface area (Å²) >= 11 is 3.56. The van der Waals surface area contributed by atoms with Crippen LogP contribution in [-0.4, -0.2) is 19.9 Å². The second-order valence-corrected chi connectivity index (χ2v) is 4.56. The molecule has 0 radical (unpaired) electrons. The minimum atomic E-state index is 0.686. The van der Waals surface area contributed by atoms with Crippen molar-refractivity contribution in [2.75, 3.05) is 0 Å². The van der Waals surface area contributed by atoms with Crippen LogP contribution in [0.25, 0.3) is 0 Å². The fraction of sp³-hybridized carbons (Fsp3) is 0. The van der Waals surface area contributed by atoms with Crippen LogP contribution in [0.15, 0.2) is 41.2 Å². The molecule has 0 aliphatic carbocycles. The first-order chi connectivity index (χ1) is 6.84. The topological polar surface area (TPSA) is 51.6 Å². The molecular formula is C8H5IN4S. The second-order valence-electron chi connectivity index (χ2n) is 2.33. The number of hydrogen-bond donors (Lipinski definition) is 0. The molecule has 0 amide bonds. The van der Waals surface area contributed by atoms with E-state index in [0.29, 0.717) is 5.16 Å². The van der Waals surface area contributed by atoms with Crippen molar-refractivity contribution in [1.82, 2.24) is 19.9 Å². The molecule has 0 unspecified atom stereocenters. The van der Waals surface area contributed by atoms with E-state index in [9.17, 15) is 0 Å². The van der Waals surface area contributed by atoms with Crippen LogP contribution in [0, 0.1) is 3.57 Å². The average molecular weight is 316 g/mol. The molecule has 0 fully saturated rings. The summed E-state index contributed by atoms with van der Waals surface area (Å²) in [6.45, 7) is 0. The largest absolute Gasteiger partial charge is 0.260 e. The molecule has 0 N–H and O–H groups in total. The maximum absolute atomic E-state index is 4.15. The monoisotopic (exact) mass is 316 g/mol. The molecule has 0 aromatic carbocycles. The minimum Gasteiger partial charge on any atom is -0.260 e. The molecule has 2 heterocycles. The van der Waals surface area contributed by atoms with Crippen molar-refractivity contribution in [2.45, 2.75) is 10.2 Å². The van der Waals surface area contributed by atoms with Gasteiger partial charge in [0.05, 0.1) is 6.20 Å². The summed E-state index contributed by atoms with van der Waals surface area (Å²) in [6.07, 6.45) is 8.51. The van der Waals surface area contributed by atoms with Crippen LogP contribution in [0.5, 0.6) is 0 Å². The molecule has 70 valence electrons. The zero-order valence-electron chi connectivity index (χ0n) is 6.96. The summed E-state index contributed by atoms with van der Waals surface area (Å²) in [6, 6.07) is 0. The maximum Gasteiger partial charge on any atom is 0.193 e. The van der Waals surface area contributed by atoms with Crippen LogP contribution < -0.4 is 0 Å². The van der Waals surface area contributed by atoms with Gasteiger partial charge in [0.25, 0.3) is 0 Å². The van der Waals surface area contributed by atoms with Crippen molar-refractivity contribution < 1.29 is 0 Å². The lowest BCUT2D eigenvalue weighted by Gasteiger charge is -1.97. The quantitative estimate of drug-likeness (QED) is 0.627. The SMILES string of the molecule is Ic1cnc(Sc2cnccn2)nc1. The lowest BCUT2D eigenvalue weighted by Crippen LogP contribution is -1.87. The van der Waals surface area contributed by atoms with Crippen molar-refractivity contribution in [3.63, 3.8) is 0 Å². The van der Waals surface area contributed by atoms with Crippen molar-refractivity contribution >= 4 is 34.4 Å². The van der Waals surface area contributed by atoms with Gasteiger partial charge in [0, 0.05) is 28.4 Å². The van der Waals surface area contributed by atoms with Gasteiger partial charge in [-0.15, -0.1) is 0 Å². The summed E-state index contributed by atoms with van der Waals surface area (Å²) in [7, 11) is 0. The summed E-state index contributed by atoms with van der Waals surface area (Å²) in [5, 5.41) is 1.49. The predicted octanol–water partition coefficient (Wildman–Crippen LogP) is 2.02. The van der Waals surface area contributed by atoms with E-state index in [4.69, 9.17) is 0 Å². The fourth-order valence-electron chi connectivity index (χ4n) is 0.785. The van der Waals surface area contributed by atoms with Gasteiger partial charge in [-0.05, 0) is 34.4 Å². The van der Waals surface area contributed by atoms with Crippen molar-refractivity contribution in [3.05, 3.63) is 34.6 Å². The molecule has 2 rings (SSSR count). The van der Waals surface area contributed by atoms with E-state index in [1.807, 2.05) is 0 Å². The van der Waals surface area contributed by atoms with Crippen LogP contribution in [-0.2, 0) is 0 Å². The van der Waals surface area contributed by atoms with Gasteiger partial charge >= 0.3 is 0 Å². The summed E-state index contributed by atoms with van der Waals surface area (Å²) in [5.74, 6) is 0. The molecule has 14 heavy (non-hydrogen) atoms. The van der Waals surface area contributed by atoms with Gasteiger partial charge in [-0.3, -0.25) is 4.98 Å². The normalized spacial score (nSPS) is 10.1. The number of halogens is 1. The van der Waals surface area contributed by atoms with E-state index in [2.05, 4.69) is 42.5 Å². The maximum atomic E-state index is 4.15. The lowest BCUT2D eigenvalue weighted by molar-refractivity contribution is 0.947. The minimum absolute atomic E-state index is 0.686. The lowest BCUT2D eigenvalue weighted by atomic mass is 10.7. The number of nitrogens with zero attached hydrogens (tertiary/aromatic N) is 4. The number of aromatic nitrogens is 4. The van der Waals surface area contributed by atoms with E-state index in [-0.39, 0.29) is 0 Å². The first-order valence-corrected chi connectivity index (χ1v) is 5.65. The third kappa shape index (κ3) is 2.61. The Balaban J connectivity index is 2.16. The molecule has 0 bridgehead atoms. The van der Waals surface area contributed by atoms with Crippen LogP contribution in [0.2, 0.25) is 0 Å². The van der Waals surface area contributed by atoms with E-state index in [0.717, 1.165) is 8.60 Å². The molecule has 0 saturated carbocycles. The third-order valence-corrected chi connectivity index (χ3v) is 2.70. The Morgan fingerprint density at radius 1 is 1.00 bits per heavy atom. The standard InChI is InChI=1S/C8H5IN4S/c9-6-3-12-8(13-4-6)14-7-5-10-1-2-11-7/h1-5H. The molecule has 2 aromatic rings. The Kier molecular flexibility index (Phi) is 3.25. The van der Waals surface area contributed by atoms with Gasteiger partial charge in [-0.25, -0.2) is 15.0 Å². The molecule has 0 spiro atoms. The van der Waals surface area contributed by atoms with Gasteiger partial charge in [0.1, 0.15) is 5.03 Å². The van der Waals surface area contributed by atoms with Gasteiger partial charge < -0.3 is 0 Å². The highest BCUT2D eigenvalue weighted by Gasteiger charge is 2.00. The van der Waals surface area contributed by atoms with Crippen molar-refractivity contribution in [3.8, 4) is 0 Å². The highest BCUT2D eigenvalue weighted by atomic mass is 127. The highest BCUT2D eigenvalue weighted by molar-refractivity contribution is 14.1. The van der Waals surface area contributed by atoms with Crippen LogP contribution in [0.4, 0.5) is 0 Å². The van der Waals surface area contributed by atoms with Gasteiger partial charge in [0.15, 0.2) is 5.16 Å². The Morgan fingerprint density at radius 3 is 2.43 bits per heavy atom. The van der Waals surface area contributed by atoms with E-state index < -0.39 is 0 Å². The first-order valence-electron chi connectivity index (χ1n) is 3.76. The smallest absolute Gasteiger partial charge is 0.193 e. The van der Waals surface area contributed by atoms with Gasteiger partial charge in [-0.2, -0.15) is 0 Å². The van der Waals surface area contributed by atoms with E-state index >= 15 is 0 Å². The molecule has 0 aliphatic rings. The average Bonchev–Trinajstić information content (AvgIpc) is 2.23.